The van der Waals surface area contributed by atoms with Crippen LogP contribution >= 0.6 is 0 Å². The van der Waals surface area contributed by atoms with Gasteiger partial charge in [0.1, 0.15) is 0 Å². The molecule has 0 aliphatic heterocycles. The zero-order chi connectivity index (χ0) is 6.65. The summed E-state index contributed by atoms with van der Waals surface area (Å²) in [6.07, 6.45) is 1.08. The molecule has 2 saturated carbocycles. The van der Waals surface area contributed by atoms with Crippen molar-refractivity contribution in [1.29, 1.82) is 0 Å². The van der Waals surface area contributed by atoms with Crippen LogP contribution in [-0.4, -0.2) is 12.0 Å². The molecular weight excluding hydrogens is 124 g/mol. The molecule has 2 atom stereocenters. The second-order valence-corrected chi connectivity index (χ2v) is 3.12. The number of rotatable bonds is 0. The maximum absolute atomic E-state index is 12.4. The largest absolute Gasteiger partial charge is 0.328 e. The summed E-state index contributed by atoms with van der Waals surface area (Å²) in [5.41, 5.74) is 5.44. The number of halogens is 2. The molecule has 0 saturated heterocycles. The van der Waals surface area contributed by atoms with Crippen molar-refractivity contribution in [1.82, 2.24) is 0 Å². The highest BCUT2D eigenvalue weighted by atomic mass is 19.3. The number of fused-ring (bicyclic) bond motifs is 1. The summed E-state index contributed by atoms with van der Waals surface area (Å²) in [5.74, 6) is -3.05. The van der Waals surface area contributed by atoms with E-state index in [0.717, 1.165) is 0 Å². The molecule has 0 aromatic carbocycles. The maximum atomic E-state index is 12.4. The minimum Gasteiger partial charge on any atom is -0.328 e. The normalized spacial score (nSPS) is 47.0. The summed E-state index contributed by atoms with van der Waals surface area (Å²) in [7, 11) is 0. The van der Waals surface area contributed by atoms with Gasteiger partial charge < -0.3 is 5.73 Å². The molecule has 2 aliphatic carbocycles. The maximum Gasteiger partial charge on any atom is 0.254 e. The molecule has 0 aromatic heterocycles. The van der Waals surface area contributed by atoms with E-state index in [4.69, 9.17) is 5.73 Å². The van der Waals surface area contributed by atoms with Crippen LogP contribution in [-0.2, 0) is 0 Å². The van der Waals surface area contributed by atoms with E-state index < -0.39 is 5.92 Å². The fourth-order valence-corrected chi connectivity index (χ4v) is 1.85. The number of hydrogen-bond acceptors (Lipinski definition) is 1. The fourth-order valence-electron chi connectivity index (χ4n) is 1.85. The van der Waals surface area contributed by atoms with Crippen molar-refractivity contribution in [2.24, 2.45) is 17.6 Å². The zero-order valence-corrected chi connectivity index (χ0v) is 4.98. The third-order valence-electron chi connectivity index (χ3n) is 2.48. The molecule has 3 heteroatoms. The van der Waals surface area contributed by atoms with E-state index in [0.29, 0.717) is 12.8 Å². The summed E-state index contributed by atoms with van der Waals surface area (Å²) in [6, 6.07) is 0.0552. The second kappa shape index (κ2) is 1.29. The van der Waals surface area contributed by atoms with Gasteiger partial charge in [0.2, 0.25) is 0 Å². The smallest absolute Gasteiger partial charge is 0.254 e. The topological polar surface area (TPSA) is 26.0 Å². The third-order valence-corrected chi connectivity index (χ3v) is 2.48. The Morgan fingerprint density at radius 3 is 2.00 bits per heavy atom. The Hall–Kier alpha value is -0.180. The molecule has 2 N–H and O–H groups in total. The minimum atomic E-state index is -2.34. The van der Waals surface area contributed by atoms with Gasteiger partial charge in [-0.2, -0.15) is 0 Å². The Balaban J connectivity index is 2.06. The highest BCUT2D eigenvalue weighted by molar-refractivity contribution is 5.12. The Morgan fingerprint density at radius 2 is 1.67 bits per heavy atom. The first kappa shape index (κ1) is 5.59. The second-order valence-electron chi connectivity index (χ2n) is 3.12. The highest BCUT2D eigenvalue weighted by Gasteiger charge is 2.70. The Morgan fingerprint density at radius 1 is 1.22 bits per heavy atom. The van der Waals surface area contributed by atoms with Gasteiger partial charge in [0.25, 0.3) is 5.92 Å². The highest BCUT2D eigenvalue weighted by Crippen LogP contribution is 2.63. The Bertz CT molecular complexity index is 132. The average molecular weight is 133 g/mol. The van der Waals surface area contributed by atoms with Crippen molar-refractivity contribution in [3.8, 4) is 0 Å². The van der Waals surface area contributed by atoms with Crippen LogP contribution in [0.5, 0.6) is 0 Å². The van der Waals surface area contributed by atoms with E-state index >= 15 is 0 Å². The van der Waals surface area contributed by atoms with Crippen LogP contribution in [0.2, 0.25) is 0 Å². The lowest BCUT2D eigenvalue weighted by atomic mass is 10.2. The van der Waals surface area contributed by atoms with Gasteiger partial charge in [0.05, 0.1) is 0 Å². The van der Waals surface area contributed by atoms with Crippen LogP contribution in [0.3, 0.4) is 0 Å². The molecule has 0 amide bonds. The first-order valence-corrected chi connectivity index (χ1v) is 3.25. The SMILES string of the molecule is NC1C[C@@H]2[C@@H](C1)C2(F)F. The van der Waals surface area contributed by atoms with Crippen LogP contribution in [0.1, 0.15) is 12.8 Å². The van der Waals surface area contributed by atoms with E-state index in [1.807, 2.05) is 0 Å². The van der Waals surface area contributed by atoms with Gasteiger partial charge in [0, 0.05) is 17.9 Å². The molecule has 2 fully saturated rings. The van der Waals surface area contributed by atoms with Crippen LogP contribution in [0, 0.1) is 11.8 Å². The van der Waals surface area contributed by atoms with Gasteiger partial charge in [-0.1, -0.05) is 0 Å². The van der Waals surface area contributed by atoms with Gasteiger partial charge in [-0.25, -0.2) is 8.78 Å². The molecule has 0 bridgehead atoms. The van der Waals surface area contributed by atoms with Crippen molar-refractivity contribution in [3.05, 3.63) is 0 Å². The molecule has 0 radical (unpaired) electrons. The van der Waals surface area contributed by atoms with Gasteiger partial charge in [0.15, 0.2) is 0 Å². The quantitative estimate of drug-likeness (QED) is 0.524. The Kier molecular flexibility index (Phi) is 0.799. The number of alkyl halides is 2. The first-order chi connectivity index (χ1) is 4.12. The van der Waals surface area contributed by atoms with Crippen LogP contribution in [0.15, 0.2) is 0 Å². The van der Waals surface area contributed by atoms with Gasteiger partial charge in [-0.05, 0) is 12.8 Å². The van der Waals surface area contributed by atoms with Crippen molar-refractivity contribution in [2.45, 2.75) is 24.8 Å². The number of hydrogen-bond donors (Lipinski definition) is 1. The van der Waals surface area contributed by atoms with Gasteiger partial charge >= 0.3 is 0 Å². The molecule has 0 spiro atoms. The number of nitrogens with two attached hydrogens (primary N) is 1. The summed E-state index contributed by atoms with van der Waals surface area (Å²) in [6.45, 7) is 0. The average Bonchev–Trinajstić information content (AvgIpc) is 2.27. The molecule has 0 unspecified atom stereocenters. The molecule has 2 aliphatic rings. The third kappa shape index (κ3) is 0.556. The summed E-state index contributed by atoms with van der Waals surface area (Å²) in [5, 5.41) is 0. The van der Waals surface area contributed by atoms with Crippen molar-refractivity contribution < 1.29 is 8.78 Å². The van der Waals surface area contributed by atoms with Gasteiger partial charge in [-0.3, -0.25) is 0 Å². The summed E-state index contributed by atoms with van der Waals surface area (Å²) >= 11 is 0. The fraction of sp³-hybridized carbons (Fsp3) is 1.00. The molecule has 0 heterocycles. The Labute approximate surface area is 52.2 Å². The molecule has 52 valence electrons. The summed E-state index contributed by atoms with van der Waals surface area (Å²) in [4.78, 5) is 0. The van der Waals surface area contributed by atoms with E-state index in [2.05, 4.69) is 0 Å². The van der Waals surface area contributed by atoms with Gasteiger partial charge in [-0.15, -0.1) is 0 Å². The predicted molar refractivity (Wildman–Crippen MR) is 29.1 cm³/mol. The molecule has 9 heavy (non-hydrogen) atoms. The minimum absolute atomic E-state index is 0.0552. The first-order valence-electron chi connectivity index (χ1n) is 3.25. The van der Waals surface area contributed by atoms with Crippen LogP contribution in [0.25, 0.3) is 0 Å². The van der Waals surface area contributed by atoms with Crippen molar-refractivity contribution in [3.63, 3.8) is 0 Å². The van der Waals surface area contributed by atoms with E-state index in [1.165, 1.54) is 0 Å². The van der Waals surface area contributed by atoms with E-state index in [-0.39, 0.29) is 17.9 Å². The van der Waals surface area contributed by atoms with Crippen molar-refractivity contribution in [2.75, 3.05) is 0 Å². The molecule has 2 rings (SSSR count). The lowest BCUT2D eigenvalue weighted by Crippen LogP contribution is -2.21. The monoisotopic (exact) mass is 133 g/mol. The summed E-state index contributed by atoms with van der Waals surface area (Å²) < 4.78 is 24.7. The lowest BCUT2D eigenvalue weighted by molar-refractivity contribution is 0.0699. The standard InChI is InChI=1S/C6H9F2N/c7-6(8)4-1-3(9)2-5(4)6/h3-5H,1-2,9H2/t4-,5-/m1/s1. The van der Waals surface area contributed by atoms with E-state index in [1.54, 1.807) is 0 Å². The molecule has 1 nitrogen and oxygen atoms in total. The van der Waals surface area contributed by atoms with Crippen LogP contribution < -0.4 is 5.73 Å². The molecule has 0 aromatic rings. The lowest BCUT2D eigenvalue weighted by Gasteiger charge is -2.06. The molecular formula is C6H9F2N. The zero-order valence-electron chi connectivity index (χ0n) is 4.98. The van der Waals surface area contributed by atoms with Crippen molar-refractivity contribution >= 4 is 0 Å². The van der Waals surface area contributed by atoms with Crippen LogP contribution in [0.4, 0.5) is 8.78 Å². The van der Waals surface area contributed by atoms with E-state index in [9.17, 15) is 8.78 Å². The predicted octanol–water partition coefficient (Wildman–Crippen LogP) is 0.989.